The van der Waals surface area contributed by atoms with Crippen molar-refractivity contribution in [3.05, 3.63) is 41.7 Å². The topological polar surface area (TPSA) is 85.2 Å². The van der Waals surface area contributed by atoms with Crippen LogP contribution in [-0.2, 0) is 16.9 Å². The van der Waals surface area contributed by atoms with Gasteiger partial charge in [-0.3, -0.25) is 4.79 Å². The van der Waals surface area contributed by atoms with Crippen molar-refractivity contribution in [2.75, 3.05) is 13.1 Å². The number of amides is 1. The third kappa shape index (κ3) is 2.90. The molecule has 0 saturated carbocycles. The molecule has 1 fully saturated rings. The van der Waals surface area contributed by atoms with Crippen molar-refractivity contribution < 1.29 is 13.2 Å². The molecule has 4 rings (SSSR count). The van der Waals surface area contributed by atoms with Crippen molar-refractivity contribution in [3.63, 3.8) is 0 Å². The molecule has 3 aromatic rings. The standard InChI is InChI=1S/C17H18N4O3S2/c1-20-11-8-18-17(20)26(23,24)12-6-9-21(10-7-12)16(22)15-19-13-4-2-3-5-14(13)25-15/h2-5,8,11-12H,6-7,9-10H2,1H3. The van der Waals surface area contributed by atoms with E-state index in [4.69, 9.17) is 0 Å². The molecule has 0 radical (unpaired) electrons. The van der Waals surface area contributed by atoms with Gasteiger partial charge in [-0.25, -0.2) is 18.4 Å². The number of aromatic nitrogens is 3. The second-order valence-corrected chi connectivity index (χ2v) is 9.50. The van der Waals surface area contributed by atoms with E-state index in [-0.39, 0.29) is 11.1 Å². The lowest BCUT2D eigenvalue weighted by Crippen LogP contribution is -2.42. The van der Waals surface area contributed by atoms with Crippen LogP contribution in [0.2, 0.25) is 0 Å². The lowest BCUT2D eigenvalue weighted by atomic mass is 10.1. The van der Waals surface area contributed by atoms with Crippen molar-refractivity contribution in [2.24, 2.45) is 7.05 Å². The minimum atomic E-state index is -3.48. The van der Waals surface area contributed by atoms with E-state index in [9.17, 15) is 13.2 Å². The molecule has 0 N–H and O–H groups in total. The fraction of sp³-hybridized carbons (Fsp3) is 0.353. The number of para-hydroxylation sites is 1. The highest BCUT2D eigenvalue weighted by atomic mass is 32.2. The predicted molar refractivity (Wildman–Crippen MR) is 98.9 cm³/mol. The van der Waals surface area contributed by atoms with Crippen LogP contribution in [0.5, 0.6) is 0 Å². The Hall–Kier alpha value is -2.26. The molecule has 26 heavy (non-hydrogen) atoms. The molecule has 0 bridgehead atoms. The lowest BCUT2D eigenvalue weighted by Gasteiger charge is -2.30. The summed E-state index contributed by atoms with van der Waals surface area (Å²) < 4.78 is 28.0. The molecule has 1 aromatic carbocycles. The first-order valence-corrected chi connectivity index (χ1v) is 10.7. The summed E-state index contributed by atoms with van der Waals surface area (Å²) in [5.41, 5.74) is 0.813. The zero-order valence-corrected chi connectivity index (χ0v) is 15.8. The number of sulfone groups is 1. The molecule has 0 spiro atoms. The van der Waals surface area contributed by atoms with Crippen LogP contribution in [0.25, 0.3) is 10.2 Å². The van der Waals surface area contributed by atoms with Gasteiger partial charge in [0.1, 0.15) is 0 Å². The highest BCUT2D eigenvalue weighted by Crippen LogP contribution is 2.27. The van der Waals surface area contributed by atoms with Crippen LogP contribution in [0.15, 0.2) is 41.8 Å². The van der Waals surface area contributed by atoms with E-state index in [1.807, 2.05) is 24.3 Å². The van der Waals surface area contributed by atoms with Crippen LogP contribution in [0.3, 0.4) is 0 Å². The second kappa shape index (κ2) is 6.48. The third-order valence-corrected chi connectivity index (χ3v) is 7.95. The summed E-state index contributed by atoms with van der Waals surface area (Å²) in [6.45, 7) is 0.812. The van der Waals surface area contributed by atoms with Gasteiger partial charge < -0.3 is 9.47 Å². The molecule has 3 heterocycles. The van der Waals surface area contributed by atoms with E-state index in [2.05, 4.69) is 9.97 Å². The maximum absolute atomic E-state index is 12.7. The smallest absolute Gasteiger partial charge is 0.282 e. The summed E-state index contributed by atoms with van der Waals surface area (Å²) >= 11 is 1.37. The number of carbonyl (C=O) groups excluding carboxylic acids is 1. The van der Waals surface area contributed by atoms with Gasteiger partial charge in [0, 0.05) is 32.5 Å². The van der Waals surface area contributed by atoms with Gasteiger partial charge >= 0.3 is 0 Å². The number of rotatable bonds is 3. The molecule has 7 nitrogen and oxygen atoms in total. The molecule has 1 saturated heterocycles. The van der Waals surface area contributed by atoms with Crippen molar-refractivity contribution in [3.8, 4) is 0 Å². The van der Waals surface area contributed by atoms with E-state index in [0.717, 1.165) is 10.2 Å². The van der Waals surface area contributed by atoms with Crippen LogP contribution >= 0.6 is 11.3 Å². The number of fused-ring (bicyclic) bond motifs is 1. The first-order chi connectivity index (χ1) is 12.5. The number of carbonyl (C=O) groups is 1. The van der Waals surface area contributed by atoms with Crippen molar-refractivity contribution >= 4 is 37.3 Å². The highest BCUT2D eigenvalue weighted by Gasteiger charge is 2.35. The molecule has 2 aromatic heterocycles. The summed E-state index contributed by atoms with van der Waals surface area (Å²) in [5.74, 6) is -0.126. The second-order valence-electron chi connectivity index (χ2n) is 6.34. The molecular weight excluding hydrogens is 372 g/mol. The average Bonchev–Trinajstić information content (AvgIpc) is 3.27. The Labute approximate surface area is 155 Å². The van der Waals surface area contributed by atoms with Gasteiger partial charge in [0.05, 0.1) is 15.5 Å². The zero-order valence-electron chi connectivity index (χ0n) is 14.2. The maximum Gasteiger partial charge on any atom is 0.282 e. The van der Waals surface area contributed by atoms with Crippen molar-refractivity contribution in [1.29, 1.82) is 0 Å². The number of imidazole rings is 1. The van der Waals surface area contributed by atoms with Crippen LogP contribution in [-0.4, -0.2) is 52.1 Å². The molecule has 1 aliphatic heterocycles. The van der Waals surface area contributed by atoms with Gasteiger partial charge in [0.15, 0.2) is 5.01 Å². The lowest BCUT2D eigenvalue weighted by molar-refractivity contribution is 0.0725. The predicted octanol–water partition coefficient (Wildman–Crippen LogP) is 2.11. The molecule has 136 valence electrons. The third-order valence-electron chi connectivity index (χ3n) is 4.68. The average molecular weight is 390 g/mol. The quantitative estimate of drug-likeness (QED) is 0.684. The number of piperidine rings is 1. The number of aryl methyl sites for hydroxylation is 1. The van der Waals surface area contributed by atoms with Gasteiger partial charge in [0.2, 0.25) is 15.0 Å². The Morgan fingerprint density at radius 2 is 1.96 bits per heavy atom. The highest BCUT2D eigenvalue weighted by molar-refractivity contribution is 7.91. The number of thiazole rings is 1. The SMILES string of the molecule is Cn1ccnc1S(=O)(=O)C1CCN(C(=O)c2nc3ccccc3s2)CC1. The van der Waals surface area contributed by atoms with Crippen LogP contribution < -0.4 is 0 Å². The number of hydrogen-bond acceptors (Lipinski definition) is 6. The molecule has 9 heteroatoms. The van der Waals surface area contributed by atoms with Gasteiger partial charge in [-0.05, 0) is 25.0 Å². The Balaban J connectivity index is 1.48. The van der Waals surface area contributed by atoms with Gasteiger partial charge in [-0.1, -0.05) is 12.1 Å². The Morgan fingerprint density at radius 1 is 1.23 bits per heavy atom. The van der Waals surface area contributed by atoms with Crippen LogP contribution in [0.1, 0.15) is 22.6 Å². The van der Waals surface area contributed by atoms with E-state index in [1.54, 1.807) is 18.1 Å². The zero-order chi connectivity index (χ0) is 18.3. The largest absolute Gasteiger partial charge is 0.337 e. The van der Waals surface area contributed by atoms with E-state index < -0.39 is 15.1 Å². The van der Waals surface area contributed by atoms with Crippen LogP contribution in [0.4, 0.5) is 0 Å². The minimum Gasteiger partial charge on any atom is -0.337 e. The van der Waals surface area contributed by atoms with E-state index in [0.29, 0.717) is 30.9 Å². The molecule has 1 amide bonds. The minimum absolute atomic E-state index is 0.0912. The molecule has 1 aliphatic rings. The molecular formula is C17H18N4O3S2. The van der Waals surface area contributed by atoms with Crippen LogP contribution in [0, 0.1) is 0 Å². The first-order valence-electron chi connectivity index (χ1n) is 8.33. The Morgan fingerprint density at radius 3 is 2.62 bits per heavy atom. The maximum atomic E-state index is 12.7. The van der Waals surface area contributed by atoms with E-state index in [1.165, 1.54) is 22.1 Å². The summed E-state index contributed by atoms with van der Waals surface area (Å²) in [4.78, 5) is 22.8. The number of likely N-dealkylation sites (tertiary alicyclic amines) is 1. The summed E-state index contributed by atoms with van der Waals surface area (Å²) in [6.07, 6.45) is 3.93. The van der Waals surface area contributed by atoms with E-state index >= 15 is 0 Å². The Bertz CT molecular complexity index is 1030. The van der Waals surface area contributed by atoms with Gasteiger partial charge in [-0.15, -0.1) is 11.3 Å². The fourth-order valence-electron chi connectivity index (χ4n) is 3.24. The number of nitrogens with zero attached hydrogens (tertiary/aromatic N) is 4. The first kappa shape index (κ1) is 17.2. The normalized spacial score (nSPS) is 16.3. The summed E-state index contributed by atoms with van der Waals surface area (Å²) in [7, 11) is -1.81. The van der Waals surface area contributed by atoms with Gasteiger partial charge in [0.25, 0.3) is 5.91 Å². The summed E-state index contributed by atoms with van der Waals surface area (Å²) in [5, 5.41) is 0.0353. The monoisotopic (exact) mass is 390 g/mol. The molecule has 0 atom stereocenters. The van der Waals surface area contributed by atoms with Crippen molar-refractivity contribution in [2.45, 2.75) is 23.2 Å². The number of hydrogen-bond donors (Lipinski definition) is 0. The molecule has 0 aliphatic carbocycles. The van der Waals surface area contributed by atoms with Gasteiger partial charge in [-0.2, -0.15) is 0 Å². The Kier molecular flexibility index (Phi) is 4.28. The fourth-order valence-corrected chi connectivity index (χ4v) is 5.98. The van der Waals surface area contributed by atoms with Crippen molar-refractivity contribution in [1.82, 2.24) is 19.4 Å². The number of benzene rings is 1. The molecule has 0 unspecified atom stereocenters. The summed E-state index contributed by atoms with van der Waals surface area (Å²) in [6, 6.07) is 7.64.